The number of para-hydroxylation sites is 1. The summed E-state index contributed by atoms with van der Waals surface area (Å²) in [6.45, 7) is 0. The molecule has 1 aromatic heterocycles. The monoisotopic (exact) mass is 347 g/mol. The summed E-state index contributed by atoms with van der Waals surface area (Å²) in [6, 6.07) is 17.2. The summed E-state index contributed by atoms with van der Waals surface area (Å²) >= 11 is 0. The zero-order valence-electron chi connectivity index (χ0n) is 14.1. The normalized spacial score (nSPS) is 10.0. The first-order valence-corrected chi connectivity index (χ1v) is 7.93. The quantitative estimate of drug-likeness (QED) is 0.739. The number of pyridine rings is 1. The van der Waals surface area contributed by atoms with Crippen LogP contribution in [0, 0.1) is 0 Å². The van der Waals surface area contributed by atoms with E-state index in [4.69, 9.17) is 4.74 Å². The van der Waals surface area contributed by atoms with Crippen LogP contribution in [-0.2, 0) is 0 Å². The number of amides is 2. The zero-order chi connectivity index (χ0) is 18.4. The van der Waals surface area contributed by atoms with Gasteiger partial charge in [0.15, 0.2) is 0 Å². The smallest absolute Gasteiger partial charge is 0.259 e. The molecule has 0 spiro atoms. The molecule has 6 heteroatoms. The van der Waals surface area contributed by atoms with E-state index in [9.17, 15) is 9.59 Å². The Morgan fingerprint density at radius 3 is 2.12 bits per heavy atom. The maximum atomic E-state index is 12.4. The summed E-state index contributed by atoms with van der Waals surface area (Å²) in [5, 5.41) is 5.58. The molecule has 3 rings (SSSR count). The van der Waals surface area contributed by atoms with Crippen molar-refractivity contribution >= 4 is 23.2 Å². The van der Waals surface area contributed by atoms with Gasteiger partial charge in [-0.2, -0.15) is 0 Å². The molecule has 1 heterocycles. The van der Waals surface area contributed by atoms with Gasteiger partial charge >= 0.3 is 0 Å². The number of aromatic nitrogens is 1. The molecule has 0 aliphatic carbocycles. The number of carbonyl (C=O) groups is 2. The van der Waals surface area contributed by atoms with Crippen molar-refractivity contribution in [1.29, 1.82) is 0 Å². The number of anilines is 2. The minimum absolute atomic E-state index is 0.246. The molecule has 0 unspecified atom stereocenters. The molecule has 0 saturated heterocycles. The average molecular weight is 347 g/mol. The van der Waals surface area contributed by atoms with Crippen molar-refractivity contribution < 1.29 is 14.3 Å². The number of rotatable bonds is 5. The Labute approximate surface area is 150 Å². The highest BCUT2D eigenvalue weighted by molar-refractivity contribution is 6.06. The van der Waals surface area contributed by atoms with Crippen LogP contribution in [0.25, 0.3) is 0 Å². The number of hydrogen-bond acceptors (Lipinski definition) is 4. The third-order valence-corrected chi connectivity index (χ3v) is 3.68. The van der Waals surface area contributed by atoms with Crippen molar-refractivity contribution in [3.05, 3.63) is 84.2 Å². The van der Waals surface area contributed by atoms with Crippen LogP contribution in [0.3, 0.4) is 0 Å². The minimum atomic E-state index is -0.269. The maximum Gasteiger partial charge on any atom is 0.259 e. The Morgan fingerprint density at radius 1 is 0.846 bits per heavy atom. The molecule has 6 nitrogen and oxygen atoms in total. The van der Waals surface area contributed by atoms with Crippen molar-refractivity contribution in [1.82, 2.24) is 4.98 Å². The summed E-state index contributed by atoms with van der Waals surface area (Å²) in [5.74, 6) is -0.0103. The molecule has 0 radical (unpaired) electrons. The first kappa shape index (κ1) is 17.2. The molecule has 2 N–H and O–H groups in total. The third kappa shape index (κ3) is 4.05. The molecule has 0 aliphatic heterocycles. The van der Waals surface area contributed by atoms with Gasteiger partial charge in [0.05, 0.1) is 18.2 Å². The molecular formula is C20H17N3O3. The second-order valence-corrected chi connectivity index (χ2v) is 5.43. The van der Waals surface area contributed by atoms with E-state index in [1.807, 2.05) is 0 Å². The van der Waals surface area contributed by atoms with Crippen molar-refractivity contribution in [3.63, 3.8) is 0 Å². The fourth-order valence-corrected chi connectivity index (χ4v) is 2.37. The number of benzene rings is 2. The Bertz CT molecular complexity index is 909. The van der Waals surface area contributed by atoms with Crippen LogP contribution in [0.4, 0.5) is 11.4 Å². The summed E-state index contributed by atoms with van der Waals surface area (Å²) < 4.78 is 5.20. The Kier molecular flexibility index (Phi) is 5.24. The van der Waals surface area contributed by atoms with E-state index in [1.54, 1.807) is 66.9 Å². The summed E-state index contributed by atoms with van der Waals surface area (Å²) in [5.41, 5.74) is 2.15. The van der Waals surface area contributed by atoms with Gasteiger partial charge in [0.25, 0.3) is 11.8 Å². The van der Waals surface area contributed by atoms with Crippen LogP contribution in [0.15, 0.2) is 73.1 Å². The van der Waals surface area contributed by atoms with Crippen LogP contribution in [0.1, 0.15) is 20.7 Å². The average Bonchev–Trinajstić information content (AvgIpc) is 2.70. The predicted octanol–water partition coefficient (Wildman–Crippen LogP) is 3.59. The minimum Gasteiger partial charge on any atom is -0.496 e. The lowest BCUT2D eigenvalue weighted by atomic mass is 10.2. The lowest BCUT2D eigenvalue weighted by Crippen LogP contribution is -2.14. The molecule has 3 aromatic rings. The number of nitrogens with one attached hydrogen (secondary N) is 2. The number of ether oxygens (including phenoxy) is 1. The van der Waals surface area contributed by atoms with Crippen LogP contribution < -0.4 is 15.4 Å². The summed E-state index contributed by atoms with van der Waals surface area (Å²) in [7, 11) is 1.52. The highest BCUT2D eigenvalue weighted by Crippen LogP contribution is 2.20. The molecule has 2 aromatic carbocycles. The fourth-order valence-electron chi connectivity index (χ4n) is 2.37. The standard InChI is InChI=1S/C20H17N3O3/c1-26-18-7-3-2-6-17(18)20(25)23-16-10-8-15(9-11-16)22-19(24)14-5-4-12-21-13-14/h2-13H,1H3,(H,22,24)(H,23,25). The molecule has 2 amide bonds. The van der Waals surface area contributed by atoms with Gasteiger partial charge in [-0.05, 0) is 48.5 Å². The number of nitrogens with zero attached hydrogens (tertiary/aromatic N) is 1. The summed E-state index contributed by atoms with van der Waals surface area (Å²) in [4.78, 5) is 28.4. The SMILES string of the molecule is COc1ccccc1C(=O)Nc1ccc(NC(=O)c2cccnc2)cc1. The molecule has 0 fully saturated rings. The Hall–Kier alpha value is -3.67. The van der Waals surface area contributed by atoms with Crippen LogP contribution in [0.2, 0.25) is 0 Å². The molecule has 26 heavy (non-hydrogen) atoms. The van der Waals surface area contributed by atoms with Gasteiger partial charge in [-0.15, -0.1) is 0 Å². The van der Waals surface area contributed by atoms with E-state index in [0.717, 1.165) is 0 Å². The van der Waals surface area contributed by atoms with Crippen LogP contribution in [0.5, 0.6) is 5.75 Å². The Morgan fingerprint density at radius 2 is 1.50 bits per heavy atom. The summed E-state index contributed by atoms with van der Waals surface area (Å²) in [6.07, 6.45) is 3.10. The molecule has 0 aliphatic rings. The second-order valence-electron chi connectivity index (χ2n) is 5.43. The number of methoxy groups -OCH3 is 1. The van der Waals surface area contributed by atoms with E-state index in [2.05, 4.69) is 15.6 Å². The van der Waals surface area contributed by atoms with E-state index in [0.29, 0.717) is 28.3 Å². The van der Waals surface area contributed by atoms with Gasteiger partial charge in [0.2, 0.25) is 0 Å². The van der Waals surface area contributed by atoms with E-state index in [1.165, 1.54) is 13.3 Å². The van der Waals surface area contributed by atoms with Gasteiger partial charge in [-0.3, -0.25) is 14.6 Å². The lowest BCUT2D eigenvalue weighted by Gasteiger charge is -2.10. The topological polar surface area (TPSA) is 80.3 Å². The lowest BCUT2D eigenvalue weighted by molar-refractivity contribution is 0.101. The highest BCUT2D eigenvalue weighted by atomic mass is 16.5. The van der Waals surface area contributed by atoms with Gasteiger partial charge < -0.3 is 15.4 Å². The predicted molar refractivity (Wildman–Crippen MR) is 99.6 cm³/mol. The number of hydrogen-bond donors (Lipinski definition) is 2. The van der Waals surface area contributed by atoms with Crippen molar-refractivity contribution in [2.24, 2.45) is 0 Å². The van der Waals surface area contributed by atoms with Gasteiger partial charge in [0, 0.05) is 23.8 Å². The van der Waals surface area contributed by atoms with Crippen LogP contribution >= 0.6 is 0 Å². The highest BCUT2D eigenvalue weighted by Gasteiger charge is 2.12. The maximum absolute atomic E-state index is 12.4. The first-order valence-electron chi connectivity index (χ1n) is 7.93. The molecule has 0 atom stereocenters. The first-order chi connectivity index (χ1) is 12.7. The third-order valence-electron chi connectivity index (χ3n) is 3.68. The van der Waals surface area contributed by atoms with Crippen molar-refractivity contribution in [2.75, 3.05) is 17.7 Å². The molecular weight excluding hydrogens is 330 g/mol. The van der Waals surface area contributed by atoms with E-state index >= 15 is 0 Å². The molecule has 0 saturated carbocycles. The molecule has 0 bridgehead atoms. The second kappa shape index (κ2) is 7.94. The fraction of sp³-hybridized carbons (Fsp3) is 0.0500. The van der Waals surface area contributed by atoms with E-state index < -0.39 is 0 Å². The van der Waals surface area contributed by atoms with Crippen molar-refractivity contribution in [3.8, 4) is 5.75 Å². The molecule has 130 valence electrons. The Balaban J connectivity index is 1.66. The largest absolute Gasteiger partial charge is 0.496 e. The van der Waals surface area contributed by atoms with Crippen LogP contribution in [-0.4, -0.2) is 23.9 Å². The van der Waals surface area contributed by atoms with E-state index in [-0.39, 0.29) is 11.8 Å². The number of carbonyl (C=O) groups excluding carboxylic acids is 2. The van der Waals surface area contributed by atoms with Gasteiger partial charge in [-0.1, -0.05) is 12.1 Å². The van der Waals surface area contributed by atoms with Gasteiger partial charge in [0.1, 0.15) is 5.75 Å². The van der Waals surface area contributed by atoms with Crippen molar-refractivity contribution in [2.45, 2.75) is 0 Å². The van der Waals surface area contributed by atoms with Gasteiger partial charge in [-0.25, -0.2) is 0 Å². The zero-order valence-corrected chi connectivity index (χ0v) is 14.1.